The van der Waals surface area contributed by atoms with E-state index in [1.165, 1.54) is 35.9 Å². The molecule has 3 aliphatic heterocycles. The number of alkyl halides is 2. The van der Waals surface area contributed by atoms with Crippen molar-refractivity contribution >= 4 is 52.6 Å². The van der Waals surface area contributed by atoms with Crippen LogP contribution in [0.1, 0.15) is 79.4 Å². The van der Waals surface area contributed by atoms with Crippen molar-refractivity contribution in [3.63, 3.8) is 0 Å². The summed E-state index contributed by atoms with van der Waals surface area (Å²) in [4.78, 5) is 90.1. The predicted octanol–water partition coefficient (Wildman–Crippen LogP) is 3.94. The standard InChI is InChI=1S/C49H53F2N11O10/c50-43(51)42-37(55-45(65)38-29-72-47(56-38)32-11-12-52-40(25-32)54-27-30-1-2-30)28-61(58-42)33-5-3-31(4-6-33)44(64)53-13-19-69-21-23-71-24-22-70-20-18-59-14-16-60(17-15-59)34-7-8-35-36(26-34)49(68)62(48(35)67)39-9-10-41(63)57-46(39)66/h3-8,11-12,25-26,28-30,39,43H,1-2,9-10,13-24,27H2,(H,52,54)(H,53,64)(H,55,65)(H,57,63,66). The summed E-state index contributed by atoms with van der Waals surface area (Å²) in [6, 6.07) is 13.8. The number of imide groups is 2. The Morgan fingerprint density at radius 1 is 0.819 bits per heavy atom. The Bertz CT molecular complexity index is 2790. The first-order valence-corrected chi connectivity index (χ1v) is 23.8. The maximum atomic E-state index is 14.1. The Morgan fingerprint density at radius 2 is 1.54 bits per heavy atom. The lowest BCUT2D eigenvalue weighted by atomic mass is 10.0. The number of piperidine rings is 1. The van der Waals surface area contributed by atoms with Gasteiger partial charge in [0.05, 0.1) is 68.3 Å². The molecule has 378 valence electrons. The van der Waals surface area contributed by atoms with Gasteiger partial charge < -0.3 is 39.5 Å². The topological polar surface area (TPSA) is 245 Å². The summed E-state index contributed by atoms with van der Waals surface area (Å²) in [6.45, 7) is 7.02. The lowest BCUT2D eigenvalue weighted by Gasteiger charge is -2.36. The molecule has 1 atom stereocenters. The van der Waals surface area contributed by atoms with E-state index < -0.39 is 47.7 Å². The van der Waals surface area contributed by atoms with E-state index in [1.54, 1.807) is 42.6 Å². The molecule has 9 rings (SSSR count). The number of anilines is 3. The smallest absolute Gasteiger partial charge is 0.284 e. The van der Waals surface area contributed by atoms with Crippen molar-refractivity contribution in [3.05, 3.63) is 101 Å². The molecule has 1 unspecified atom stereocenters. The van der Waals surface area contributed by atoms with Crippen LogP contribution < -0.4 is 26.2 Å². The molecule has 23 heteroatoms. The summed E-state index contributed by atoms with van der Waals surface area (Å²) in [6.07, 6.45) is 3.56. The molecular formula is C49H53F2N11O10. The molecule has 1 saturated carbocycles. The summed E-state index contributed by atoms with van der Waals surface area (Å²) in [7, 11) is 0. The second-order valence-electron chi connectivity index (χ2n) is 17.6. The highest BCUT2D eigenvalue weighted by molar-refractivity contribution is 6.23. The Hall–Kier alpha value is -7.47. The highest BCUT2D eigenvalue weighted by atomic mass is 19.3. The van der Waals surface area contributed by atoms with Crippen molar-refractivity contribution < 1.29 is 56.2 Å². The van der Waals surface area contributed by atoms with Gasteiger partial charge in [0, 0.05) is 75.2 Å². The number of oxazole rings is 1. The Morgan fingerprint density at radius 3 is 2.28 bits per heavy atom. The number of aromatic nitrogens is 4. The highest BCUT2D eigenvalue weighted by Gasteiger charge is 2.45. The molecule has 0 bridgehead atoms. The third-order valence-corrected chi connectivity index (χ3v) is 12.6. The second-order valence-corrected chi connectivity index (χ2v) is 17.6. The fourth-order valence-corrected chi connectivity index (χ4v) is 8.43. The summed E-state index contributed by atoms with van der Waals surface area (Å²) in [5, 5.41) is 14.7. The van der Waals surface area contributed by atoms with Crippen molar-refractivity contribution in [2.75, 3.05) is 101 Å². The van der Waals surface area contributed by atoms with E-state index in [1.807, 2.05) is 6.07 Å². The zero-order valence-electron chi connectivity index (χ0n) is 39.1. The Labute approximate surface area is 411 Å². The summed E-state index contributed by atoms with van der Waals surface area (Å²) < 4.78 is 51.8. The highest BCUT2D eigenvalue weighted by Crippen LogP contribution is 2.32. The van der Waals surface area contributed by atoms with Gasteiger partial charge in [-0.25, -0.2) is 23.4 Å². The maximum Gasteiger partial charge on any atom is 0.284 e. The van der Waals surface area contributed by atoms with Crippen LogP contribution in [0, 0.1) is 5.92 Å². The molecule has 4 aliphatic rings. The number of carbonyl (C=O) groups excluding carboxylic acids is 6. The molecule has 6 amide bonds. The van der Waals surface area contributed by atoms with Crippen molar-refractivity contribution in [1.82, 2.24) is 40.2 Å². The number of rotatable bonds is 23. The summed E-state index contributed by atoms with van der Waals surface area (Å²) >= 11 is 0. The van der Waals surface area contributed by atoms with Gasteiger partial charge in [0.25, 0.3) is 30.1 Å². The number of nitrogens with zero attached hydrogens (tertiary/aromatic N) is 7. The van der Waals surface area contributed by atoms with Crippen molar-refractivity contribution in [2.24, 2.45) is 5.92 Å². The molecule has 1 aliphatic carbocycles. The number of nitrogens with one attached hydrogen (secondary N) is 4. The zero-order chi connectivity index (χ0) is 50.1. The molecule has 2 aromatic carbocycles. The van der Waals surface area contributed by atoms with E-state index in [0.29, 0.717) is 74.7 Å². The zero-order valence-corrected chi connectivity index (χ0v) is 39.1. The van der Waals surface area contributed by atoms with Crippen LogP contribution >= 0.6 is 0 Å². The van der Waals surface area contributed by atoms with Crippen LogP contribution in [0.4, 0.5) is 26.0 Å². The molecule has 4 N–H and O–H groups in total. The minimum Gasteiger partial charge on any atom is -0.444 e. The Balaban J connectivity index is 0.620. The number of halogens is 2. The summed E-state index contributed by atoms with van der Waals surface area (Å²) in [5.74, 6) is -1.76. The molecular weight excluding hydrogens is 941 g/mol. The van der Waals surface area contributed by atoms with Crippen LogP contribution in [-0.4, -0.2) is 156 Å². The molecule has 0 spiro atoms. The van der Waals surface area contributed by atoms with E-state index in [4.69, 9.17) is 18.6 Å². The molecule has 2 saturated heterocycles. The van der Waals surface area contributed by atoms with Gasteiger partial charge >= 0.3 is 0 Å². The van der Waals surface area contributed by atoms with Crippen molar-refractivity contribution in [1.29, 1.82) is 0 Å². The van der Waals surface area contributed by atoms with Crippen LogP contribution in [0.15, 0.2) is 77.7 Å². The van der Waals surface area contributed by atoms with Gasteiger partial charge in [-0.3, -0.25) is 43.9 Å². The van der Waals surface area contributed by atoms with Gasteiger partial charge in [0.2, 0.25) is 17.7 Å². The normalized spacial score (nSPS) is 17.1. The lowest BCUT2D eigenvalue weighted by molar-refractivity contribution is -0.136. The Kier molecular flexibility index (Phi) is 15.6. The van der Waals surface area contributed by atoms with Gasteiger partial charge in [-0.05, 0) is 79.8 Å². The number of hydrogen-bond acceptors (Lipinski definition) is 16. The monoisotopic (exact) mass is 993 g/mol. The van der Waals surface area contributed by atoms with E-state index in [-0.39, 0.29) is 60.3 Å². The number of hydrogen-bond donors (Lipinski definition) is 4. The van der Waals surface area contributed by atoms with Gasteiger partial charge in [0.1, 0.15) is 18.1 Å². The SMILES string of the molecule is O=C1CCC(N2C(=O)c3ccc(N4CCN(CCOCCOCCOCCNC(=O)c5ccc(-n6cc(NC(=O)c7coc(-c8ccnc(NCC9CC9)c8)n7)c(C(F)F)n6)cc5)CC4)cc3C2=O)C(=O)N1. The van der Waals surface area contributed by atoms with Gasteiger partial charge in [0.15, 0.2) is 11.4 Å². The predicted molar refractivity (Wildman–Crippen MR) is 254 cm³/mol. The average molecular weight is 994 g/mol. The van der Waals surface area contributed by atoms with Gasteiger partial charge in [-0.2, -0.15) is 5.10 Å². The van der Waals surface area contributed by atoms with Crippen molar-refractivity contribution in [2.45, 2.75) is 38.2 Å². The van der Waals surface area contributed by atoms with E-state index in [2.05, 4.69) is 46.1 Å². The van der Waals surface area contributed by atoms with Gasteiger partial charge in [-0.1, -0.05) is 0 Å². The number of fused-ring (bicyclic) bond motifs is 1. The van der Waals surface area contributed by atoms with Crippen LogP contribution in [0.25, 0.3) is 17.1 Å². The van der Waals surface area contributed by atoms with E-state index in [0.717, 1.165) is 43.0 Å². The molecule has 5 aromatic rings. The van der Waals surface area contributed by atoms with Crippen LogP contribution in [0.5, 0.6) is 0 Å². The fraction of sp³-hybridized carbons (Fsp3) is 0.408. The first-order chi connectivity index (χ1) is 35.0. The largest absolute Gasteiger partial charge is 0.444 e. The van der Waals surface area contributed by atoms with Gasteiger partial charge in [-0.15, -0.1) is 0 Å². The number of carbonyl (C=O) groups is 6. The number of benzene rings is 2. The molecule has 3 aromatic heterocycles. The van der Waals surface area contributed by atoms with E-state index in [9.17, 15) is 37.5 Å². The number of amides is 6. The number of ether oxygens (including phenoxy) is 3. The van der Waals surface area contributed by atoms with Crippen molar-refractivity contribution in [3.8, 4) is 17.1 Å². The quantitative estimate of drug-likeness (QED) is 0.0535. The maximum absolute atomic E-state index is 14.1. The molecule has 72 heavy (non-hydrogen) atoms. The molecule has 0 radical (unpaired) electrons. The summed E-state index contributed by atoms with van der Waals surface area (Å²) in [5.41, 5.74) is 1.67. The van der Waals surface area contributed by atoms with Crippen LogP contribution in [-0.2, 0) is 23.8 Å². The van der Waals surface area contributed by atoms with Crippen LogP contribution in [0.3, 0.4) is 0 Å². The first-order valence-electron chi connectivity index (χ1n) is 23.8. The number of piperazine rings is 1. The number of pyridine rings is 1. The fourth-order valence-electron chi connectivity index (χ4n) is 8.43. The lowest BCUT2D eigenvalue weighted by Crippen LogP contribution is -2.54. The third kappa shape index (κ3) is 12.0. The second kappa shape index (κ2) is 22.7. The first kappa shape index (κ1) is 49.5. The van der Waals surface area contributed by atoms with E-state index >= 15 is 0 Å². The molecule has 3 fully saturated rings. The minimum atomic E-state index is -3.00. The third-order valence-electron chi connectivity index (χ3n) is 12.6. The molecule has 21 nitrogen and oxygen atoms in total. The van der Waals surface area contributed by atoms with Crippen LogP contribution in [0.2, 0.25) is 0 Å². The molecule has 6 heterocycles. The minimum absolute atomic E-state index is 0.0661. The average Bonchev–Trinajstić information content (AvgIpc) is 3.80.